The fourth-order valence-electron chi connectivity index (χ4n) is 11.2. The van der Waals surface area contributed by atoms with Crippen molar-refractivity contribution in [2.75, 3.05) is 9.80 Å². The van der Waals surface area contributed by atoms with E-state index in [1.54, 1.807) is 0 Å². The van der Waals surface area contributed by atoms with Crippen LogP contribution in [0.2, 0.25) is 0 Å². The Labute approximate surface area is 438 Å². The summed E-state index contributed by atoms with van der Waals surface area (Å²) in [5.41, 5.74) is 24.4. The quantitative estimate of drug-likeness (QED) is 0.135. The van der Waals surface area contributed by atoms with Crippen LogP contribution in [-0.2, 0) is 0 Å². The van der Waals surface area contributed by atoms with Gasteiger partial charge in [-0.15, -0.1) is 0 Å². The molecule has 11 aromatic carbocycles. The van der Waals surface area contributed by atoms with Gasteiger partial charge in [-0.3, -0.25) is 0 Å². The molecule has 0 unspecified atom stereocenters. The zero-order valence-electron chi connectivity index (χ0n) is 41.0. The Kier molecular flexibility index (Phi) is 10.9. The zero-order chi connectivity index (χ0) is 49.7. The lowest BCUT2D eigenvalue weighted by atomic mass is 9.33. The molecule has 2 aliphatic heterocycles. The fraction of sp³-hybridized carbons (Fsp3) is 0. The number of benzene rings is 11. The van der Waals surface area contributed by atoms with Gasteiger partial charge in [0.15, 0.2) is 5.82 Å². The van der Waals surface area contributed by atoms with E-state index in [1.165, 1.54) is 49.8 Å². The molecular weight excluding hydrogens is 908 g/mol. The Morgan fingerprint density at radius 1 is 0.240 bits per heavy atom. The molecule has 350 valence electrons. The second kappa shape index (κ2) is 18.6. The van der Waals surface area contributed by atoms with Crippen LogP contribution in [0, 0.1) is 0 Å². The molecule has 0 fully saturated rings. The summed E-state index contributed by atoms with van der Waals surface area (Å²) >= 11 is 0. The van der Waals surface area contributed by atoms with Gasteiger partial charge in [-0.2, -0.15) is 0 Å². The van der Waals surface area contributed by atoms with Gasteiger partial charge in [-0.1, -0.05) is 231 Å². The van der Waals surface area contributed by atoms with Gasteiger partial charge in [0.2, 0.25) is 0 Å². The Morgan fingerprint density at radius 2 is 0.547 bits per heavy atom. The maximum atomic E-state index is 5.49. The molecule has 0 radical (unpaired) electrons. The fourth-order valence-corrected chi connectivity index (χ4v) is 11.2. The van der Waals surface area contributed by atoms with Gasteiger partial charge in [0.05, 0.1) is 11.4 Å². The average molecular weight is 955 g/mol. The van der Waals surface area contributed by atoms with E-state index in [0.29, 0.717) is 5.82 Å². The lowest BCUT2D eigenvalue weighted by Gasteiger charge is -2.44. The van der Waals surface area contributed by atoms with Crippen molar-refractivity contribution in [1.82, 2.24) is 9.97 Å². The van der Waals surface area contributed by atoms with Gasteiger partial charge in [0.1, 0.15) is 0 Å². The lowest BCUT2D eigenvalue weighted by Crippen LogP contribution is -2.61. The van der Waals surface area contributed by atoms with E-state index in [0.717, 1.165) is 73.3 Å². The molecule has 2 aliphatic rings. The third-order valence-electron chi connectivity index (χ3n) is 14.9. The van der Waals surface area contributed by atoms with Crippen molar-refractivity contribution in [2.24, 2.45) is 0 Å². The Hall–Kier alpha value is -9.84. The minimum atomic E-state index is -0.103. The normalized spacial score (nSPS) is 12.2. The highest BCUT2D eigenvalue weighted by Crippen LogP contribution is 2.48. The van der Waals surface area contributed by atoms with Crippen molar-refractivity contribution >= 4 is 57.2 Å². The molecule has 14 rings (SSSR count). The Balaban J connectivity index is 1.07. The number of fused-ring (bicyclic) bond motifs is 4. The Morgan fingerprint density at radius 3 is 0.947 bits per heavy atom. The van der Waals surface area contributed by atoms with E-state index in [4.69, 9.17) is 9.97 Å². The molecular formula is C70H47BN4. The molecule has 3 heterocycles. The zero-order valence-corrected chi connectivity index (χ0v) is 41.0. The van der Waals surface area contributed by atoms with Crippen molar-refractivity contribution in [3.05, 3.63) is 285 Å². The van der Waals surface area contributed by atoms with Crippen molar-refractivity contribution in [3.8, 4) is 78.4 Å². The van der Waals surface area contributed by atoms with Crippen molar-refractivity contribution < 1.29 is 0 Å². The summed E-state index contributed by atoms with van der Waals surface area (Å²) in [7, 11) is 0. The van der Waals surface area contributed by atoms with Crippen LogP contribution in [0.5, 0.6) is 0 Å². The molecule has 0 N–H and O–H groups in total. The summed E-state index contributed by atoms with van der Waals surface area (Å²) in [6.45, 7) is -0.103. The van der Waals surface area contributed by atoms with Crippen molar-refractivity contribution in [1.29, 1.82) is 0 Å². The summed E-state index contributed by atoms with van der Waals surface area (Å²) in [5, 5.41) is 0. The molecule has 0 bridgehead atoms. The molecule has 75 heavy (non-hydrogen) atoms. The van der Waals surface area contributed by atoms with Gasteiger partial charge in [-0.25, -0.2) is 9.97 Å². The van der Waals surface area contributed by atoms with Crippen LogP contribution in [0.1, 0.15) is 0 Å². The topological polar surface area (TPSA) is 32.3 Å². The number of nitrogens with zero attached hydrogens (tertiary/aromatic N) is 4. The summed E-state index contributed by atoms with van der Waals surface area (Å²) in [6, 6.07) is 103. The Bertz CT molecular complexity index is 3770. The highest BCUT2D eigenvalue weighted by atomic mass is 15.2. The van der Waals surface area contributed by atoms with Crippen LogP contribution >= 0.6 is 0 Å². The third kappa shape index (κ3) is 7.99. The number of hydrogen-bond donors (Lipinski definition) is 0. The monoisotopic (exact) mass is 954 g/mol. The van der Waals surface area contributed by atoms with Gasteiger partial charge in [-0.05, 0) is 115 Å². The number of hydrogen-bond acceptors (Lipinski definition) is 4. The van der Waals surface area contributed by atoms with E-state index >= 15 is 0 Å². The molecule has 0 amide bonds. The van der Waals surface area contributed by atoms with Crippen LogP contribution in [-0.4, -0.2) is 16.7 Å². The van der Waals surface area contributed by atoms with E-state index in [9.17, 15) is 0 Å². The van der Waals surface area contributed by atoms with Crippen LogP contribution in [0.4, 0.5) is 34.1 Å². The summed E-state index contributed by atoms with van der Waals surface area (Å²) in [4.78, 5) is 15.8. The largest absolute Gasteiger partial charge is 0.311 e. The highest BCUT2D eigenvalue weighted by molar-refractivity contribution is 7.00. The van der Waals surface area contributed by atoms with Gasteiger partial charge in [0.25, 0.3) is 6.71 Å². The predicted octanol–water partition coefficient (Wildman–Crippen LogP) is 16.2. The summed E-state index contributed by atoms with van der Waals surface area (Å²) in [6.07, 6.45) is 0. The molecule has 0 aliphatic carbocycles. The van der Waals surface area contributed by atoms with Crippen LogP contribution in [0.3, 0.4) is 0 Å². The second-order valence-corrected chi connectivity index (χ2v) is 19.3. The first-order valence-corrected chi connectivity index (χ1v) is 25.7. The standard InChI is InChI=1S/C70H47BN4/c1-7-19-48(20-8-1)52-31-37-59(38-32-52)74-65-43-56(50-23-11-3-12-24-50)35-41-61(65)71-62-42-36-57(51-25-13-4-14-26-51)44-66(62)75(60-39-33-53(34-40-60)49-21-9-2-10-22-49)68-46-58(45-67(74)69(68)71)64-47-63(54-27-15-5-16-28-54)72-70(73-64)55-29-17-6-18-30-55/h1-47H. The maximum absolute atomic E-state index is 5.49. The average Bonchev–Trinajstić information content (AvgIpc) is 3.50. The van der Waals surface area contributed by atoms with Gasteiger partial charge < -0.3 is 9.80 Å². The number of rotatable bonds is 9. The molecule has 0 saturated heterocycles. The first-order chi connectivity index (χ1) is 37.2. The van der Waals surface area contributed by atoms with Crippen LogP contribution < -0.4 is 26.2 Å². The minimum Gasteiger partial charge on any atom is -0.311 e. The third-order valence-corrected chi connectivity index (χ3v) is 14.9. The molecule has 12 aromatic rings. The SMILES string of the molecule is c1ccc(-c2ccc(N3c4cc(-c5ccccc5)ccc4B4c5ccc(-c6ccccc6)cc5N(c5ccc(-c6ccccc6)cc5)c5cc(-c6cc(-c7ccccc7)nc(-c7ccccc7)n6)cc3c54)cc2)cc1. The molecule has 4 nitrogen and oxygen atoms in total. The molecule has 0 atom stereocenters. The molecule has 5 heteroatoms. The molecule has 0 saturated carbocycles. The highest BCUT2D eigenvalue weighted by Gasteiger charge is 2.44. The first kappa shape index (κ1) is 43.9. The van der Waals surface area contributed by atoms with Crippen LogP contribution in [0.25, 0.3) is 78.4 Å². The smallest absolute Gasteiger partial charge is 0.252 e. The summed E-state index contributed by atoms with van der Waals surface area (Å²) in [5.74, 6) is 0.675. The van der Waals surface area contributed by atoms with Crippen molar-refractivity contribution in [2.45, 2.75) is 0 Å². The van der Waals surface area contributed by atoms with E-state index in [1.807, 2.05) is 6.07 Å². The second-order valence-electron chi connectivity index (χ2n) is 19.3. The maximum Gasteiger partial charge on any atom is 0.252 e. The van der Waals surface area contributed by atoms with Gasteiger partial charge in [0, 0.05) is 50.8 Å². The minimum absolute atomic E-state index is 0.103. The van der Waals surface area contributed by atoms with E-state index in [2.05, 4.69) is 289 Å². The number of aromatic nitrogens is 2. The van der Waals surface area contributed by atoms with E-state index in [-0.39, 0.29) is 6.71 Å². The lowest BCUT2D eigenvalue weighted by molar-refractivity contribution is 1.18. The van der Waals surface area contributed by atoms with Gasteiger partial charge >= 0.3 is 0 Å². The van der Waals surface area contributed by atoms with Crippen LogP contribution in [0.15, 0.2) is 285 Å². The first-order valence-electron chi connectivity index (χ1n) is 25.7. The summed E-state index contributed by atoms with van der Waals surface area (Å²) < 4.78 is 0. The molecule has 0 spiro atoms. The van der Waals surface area contributed by atoms with Crippen molar-refractivity contribution in [3.63, 3.8) is 0 Å². The molecule has 1 aromatic heterocycles. The predicted molar refractivity (Wildman–Crippen MR) is 314 cm³/mol. The number of anilines is 6. The van der Waals surface area contributed by atoms with E-state index < -0.39 is 0 Å².